The summed E-state index contributed by atoms with van der Waals surface area (Å²) in [7, 11) is -6.65. The van der Waals surface area contributed by atoms with E-state index >= 15 is 0 Å². The van der Waals surface area contributed by atoms with Crippen molar-refractivity contribution >= 4 is 20.0 Å². The summed E-state index contributed by atoms with van der Waals surface area (Å²) in [6.45, 7) is 1.52. The van der Waals surface area contributed by atoms with E-state index < -0.39 is 25.6 Å². The van der Waals surface area contributed by atoms with Crippen LogP contribution in [0.1, 0.15) is 12.8 Å². The fourth-order valence-corrected chi connectivity index (χ4v) is 5.25. The lowest BCUT2D eigenvalue weighted by Gasteiger charge is -2.51. The molecule has 1 spiro atoms. The van der Waals surface area contributed by atoms with Crippen LogP contribution in [0, 0.1) is 5.92 Å². The Labute approximate surface area is 143 Å². The van der Waals surface area contributed by atoms with Crippen molar-refractivity contribution in [2.45, 2.75) is 23.3 Å². The van der Waals surface area contributed by atoms with Gasteiger partial charge in [0.05, 0.1) is 23.4 Å². The second-order valence-electron chi connectivity index (χ2n) is 6.61. The first-order chi connectivity index (χ1) is 11.2. The van der Waals surface area contributed by atoms with Crippen molar-refractivity contribution in [3.63, 3.8) is 0 Å². The van der Waals surface area contributed by atoms with E-state index in [1.165, 1.54) is 4.31 Å². The lowest BCUT2D eigenvalue weighted by Crippen LogP contribution is -2.66. The molecule has 24 heavy (non-hydrogen) atoms. The summed E-state index contributed by atoms with van der Waals surface area (Å²) in [6.07, 6.45) is 2.70. The Morgan fingerprint density at radius 2 is 1.88 bits per heavy atom. The standard InChI is InChI=1S/C15H22N2O5S2/c1-23(18,19)16-9-13-7-8-15(22-10-13)11-17(12-15)24(20,21)14-5-3-2-4-6-14/h2-6,13,16H,7-12H2,1H3/t13-/m0/s1. The Bertz CT molecular complexity index is 776. The quantitative estimate of drug-likeness (QED) is 0.806. The zero-order valence-corrected chi connectivity index (χ0v) is 15.1. The third-order valence-corrected chi connectivity index (χ3v) is 7.07. The van der Waals surface area contributed by atoms with E-state index in [9.17, 15) is 16.8 Å². The first-order valence-corrected chi connectivity index (χ1v) is 11.2. The van der Waals surface area contributed by atoms with Gasteiger partial charge in [0, 0.05) is 19.6 Å². The molecule has 0 radical (unpaired) electrons. The molecule has 0 bridgehead atoms. The van der Waals surface area contributed by atoms with Gasteiger partial charge in [-0.2, -0.15) is 4.31 Å². The average Bonchev–Trinajstić information content (AvgIpc) is 2.51. The van der Waals surface area contributed by atoms with E-state index in [4.69, 9.17) is 4.74 Å². The van der Waals surface area contributed by atoms with E-state index in [1.807, 2.05) is 0 Å². The van der Waals surface area contributed by atoms with Crippen LogP contribution >= 0.6 is 0 Å². The molecule has 2 fully saturated rings. The molecule has 3 rings (SSSR count). The highest BCUT2D eigenvalue weighted by Gasteiger charge is 2.51. The number of hydrogen-bond donors (Lipinski definition) is 1. The topological polar surface area (TPSA) is 92.8 Å². The summed E-state index contributed by atoms with van der Waals surface area (Å²) in [5, 5.41) is 0. The maximum atomic E-state index is 12.5. The van der Waals surface area contributed by atoms with E-state index in [1.54, 1.807) is 30.3 Å². The van der Waals surface area contributed by atoms with Crippen LogP contribution in [0.3, 0.4) is 0 Å². The molecule has 7 nitrogen and oxygen atoms in total. The number of ether oxygens (including phenoxy) is 1. The van der Waals surface area contributed by atoms with Crippen molar-refractivity contribution in [2.24, 2.45) is 5.92 Å². The summed E-state index contributed by atoms with van der Waals surface area (Å²) in [5.74, 6) is 0.130. The first kappa shape index (κ1) is 17.8. The predicted molar refractivity (Wildman–Crippen MR) is 89.5 cm³/mol. The van der Waals surface area contributed by atoms with Gasteiger partial charge in [0.25, 0.3) is 0 Å². The van der Waals surface area contributed by atoms with Crippen molar-refractivity contribution in [3.8, 4) is 0 Å². The molecule has 0 aliphatic carbocycles. The van der Waals surface area contributed by atoms with Crippen LogP contribution in [0.2, 0.25) is 0 Å². The van der Waals surface area contributed by atoms with Crippen LogP contribution in [-0.4, -0.2) is 59.2 Å². The van der Waals surface area contributed by atoms with E-state index in [0.717, 1.165) is 19.1 Å². The second-order valence-corrected chi connectivity index (χ2v) is 10.4. The van der Waals surface area contributed by atoms with Crippen LogP contribution in [0.15, 0.2) is 35.2 Å². The minimum absolute atomic E-state index is 0.130. The van der Waals surface area contributed by atoms with E-state index in [0.29, 0.717) is 31.1 Å². The van der Waals surface area contributed by atoms with Crippen molar-refractivity contribution in [3.05, 3.63) is 30.3 Å². The fraction of sp³-hybridized carbons (Fsp3) is 0.600. The Kier molecular flexibility index (Phi) is 4.73. The van der Waals surface area contributed by atoms with Gasteiger partial charge < -0.3 is 4.74 Å². The fourth-order valence-electron chi connectivity index (χ4n) is 3.10. The molecule has 0 unspecified atom stereocenters. The molecule has 0 amide bonds. The number of benzene rings is 1. The van der Waals surface area contributed by atoms with Crippen LogP contribution < -0.4 is 4.72 Å². The molecule has 2 aliphatic rings. The number of hydrogen-bond acceptors (Lipinski definition) is 5. The van der Waals surface area contributed by atoms with Crippen LogP contribution in [0.4, 0.5) is 0 Å². The van der Waals surface area contributed by atoms with Gasteiger partial charge in [-0.25, -0.2) is 21.6 Å². The Balaban J connectivity index is 1.54. The molecular weight excluding hydrogens is 352 g/mol. The van der Waals surface area contributed by atoms with Crippen molar-refractivity contribution < 1.29 is 21.6 Å². The number of nitrogens with zero attached hydrogens (tertiary/aromatic N) is 1. The third kappa shape index (κ3) is 3.80. The van der Waals surface area contributed by atoms with Gasteiger partial charge in [-0.3, -0.25) is 0 Å². The normalized spacial score (nSPS) is 24.6. The highest BCUT2D eigenvalue weighted by atomic mass is 32.2. The molecule has 0 aromatic heterocycles. The third-order valence-electron chi connectivity index (χ3n) is 4.58. The summed E-state index contributed by atoms with van der Waals surface area (Å²) in [4.78, 5) is 0.297. The molecule has 0 saturated carbocycles. The van der Waals surface area contributed by atoms with Crippen molar-refractivity contribution in [1.29, 1.82) is 0 Å². The summed E-state index contributed by atoms with van der Waals surface area (Å²) in [6, 6.07) is 8.38. The zero-order chi connectivity index (χ0) is 17.4. The summed E-state index contributed by atoms with van der Waals surface area (Å²) >= 11 is 0. The molecule has 1 N–H and O–H groups in total. The molecule has 9 heteroatoms. The predicted octanol–water partition coefficient (Wildman–Crippen LogP) is 0.406. The van der Waals surface area contributed by atoms with Crippen molar-refractivity contribution in [2.75, 3.05) is 32.5 Å². The van der Waals surface area contributed by atoms with E-state index in [-0.39, 0.29) is 5.92 Å². The first-order valence-electron chi connectivity index (χ1n) is 7.84. The lowest BCUT2D eigenvalue weighted by atomic mass is 9.84. The molecule has 2 aliphatic heterocycles. The van der Waals surface area contributed by atoms with Gasteiger partial charge in [0.2, 0.25) is 20.0 Å². The van der Waals surface area contributed by atoms with Crippen LogP contribution in [0.5, 0.6) is 0 Å². The van der Waals surface area contributed by atoms with E-state index in [2.05, 4.69) is 4.72 Å². The van der Waals surface area contributed by atoms with Gasteiger partial charge in [0.15, 0.2) is 0 Å². The second kappa shape index (κ2) is 6.38. The molecule has 1 aromatic rings. The maximum absolute atomic E-state index is 12.5. The highest BCUT2D eigenvalue weighted by Crippen LogP contribution is 2.38. The van der Waals surface area contributed by atoms with Gasteiger partial charge in [-0.15, -0.1) is 0 Å². The largest absolute Gasteiger partial charge is 0.372 e. The molecule has 134 valence electrons. The Hall–Kier alpha value is -1.00. The minimum Gasteiger partial charge on any atom is -0.372 e. The molecule has 2 heterocycles. The van der Waals surface area contributed by atoms with Gasteiger partial charge in [-0.1, -0.05) is 18.2 Å². The number of sulfonamides is 2. The van der Waals surface area contributed by atoms with Crippen LogP contribution in [-0.2, 0) is 24.8 Å². The maximum Gasteiger partial charge on any atom is 0.243 e. The summed E-state index contributed by atoms with van der Waals surface area (Å²) in [5.41, 5.74) is -0.413. The van der Waals surface area contributed by atoms with Crippen LogP contribution in [0.25, 0.3) is 0 Å². The average molecular weight is 374 g/mol. The minimum atomic E-state index is -3.46. The smallest absolute Gasteiger partial charge is 0.243 e. The lowest BCUT2D eigenvalue weighted by molar-refractivity contribution is -0.156. The van der Waals surface area contributed by atoms with Gasteiger partial charge >= 0.3 is 0 Å². The van der Waals surface area contributed by atoms with Crippen molar-refractivity contribution in [1.82, 2.24) is 9.03 Å². The highest BCUT2D eigenvalue weighted by molar-refractivity contribution is 7.89. The van der Waals surface area contributed by atoms with Gasteiger partial charge in [-0.05, 0) is 30.9 Å². The zero-order valence-electron chi connectivity index (χ0n) is 13.5. The Morgan fingerprint density at radius 1 is 1.21 bits per heavy atom. The molecule has 1 aromatic carbocycles. The monoisotopic (exact) mass is 374 g/mol. The molecule has 1 atom stereocenters. The van der Waals surface area contributed by atoms with Gasteiger partial charge in [0.1, 0.15) is 0 Å². The number of nitrogens with one attached hydrogen (secondary N) is 1. The molecular formula is C15H22N2O5S2. The molecule has 2 saturated heterocycles. The Morgan fingerprint density at radius 3 is 2.42 bits per heavy atom. The summed E-state index contributed by atoms with van der Waals surface area (Å²) < 4.78 is 57.1. The number of rotatable bonds is 5. The SMILES string of the molecule is CS(=O)(=O)NC[C@@H]1CCC2(CN(S(=O)(=O)c3ccccc3)C2)OC1.